The fourth-order valence-electron chi connectivity index (χ4n) is 1.81. The van der Waals surface area contributed by atoms with Crippen molar-refractivity contribution in [3.05, 3.63) is 29.3 Å². The SMILES string of the molecule is C[C@@H]1Cc2cccc(O)c2CC1=O. The third kappa shape index (κ3) is 1.32. The van der Waals surface area contributed by atoms with Gasteiger partial charge in [-0.05, 0) is 18.1 Å². The lowest BCUT2D eigenvalue weighted by Crippen LogP contribution is -2.22. The van der Waals surface area contributed by atoms with Crippen molar-refractivity contribution in [2.45, 2.75) is 19.8 Å². The summed E-state index contributed by atoms with van der Waals surface area (Å²) in [5, 5.41) is 9.51. The van der Waals surface area contributed by atoms with E-state index in [9.17, 15) is 9.90 Å². The summed E-state index contributed by atoms with van der Waals surface area (Å²) in [5.41, 5.74) is 1.94. The zero-order chi connectivity index (χ0) is 9.42. The summed E-state index contributed by atoms with van der Waals surface area (Å²) in [7, 11) is 0. The second-order valence-corrected chi connectivity index (χ2v) is 3.66. The number of carbonyl (C=O) groups is 1. The van der Waals surface area contributed by atoms with Gasteiger partial charge in [0.05, 0.1) is 0 Å². The van der Waals surface area contributed by atoms with Gasteiger partial charge in [-0.1, -0.05) is 19.1 Å². The first-order valence-electron chi connectivity index (χ1n) is 4.51. The standard InChI is InChI=1S/C11H12O2/c1-7-5-8-3-2-4-10(12)9(8)6-11(7)13/h2-4,7,12H,5-6H2,1H3/t7-/m1/s1. The van der Waals surface area contributed by atoms with Crippen molar-refractivity contribution in [1.29, 1.82) is 0 Å². The van der Waals surface area contributed by atoms with Crippen LogP contribution >= 0.6 is 0 Å². The molecule has 1 aromatic carbocycles. The molecule has 0 unspecified atom stereocenters. The zero-order valence-corrected chi connectivity index (χ0v) is 7.58. The van der Waals surface area contributed by atoms with Gasteiger partial charge in [0.2, 0.25) is 0 Å². The second kappa shape index (κ2) is 2.87. The Hall–Kier alpha value is -1.31. The van der Waals surface area contributed by atoms with Crippen LogP contribution in [0.2, 0.25) is 0 Å². The second-order valence-electron chi connectivity index (χ2n) is 3.66. The van der Waals surface area contributed by atoms with E-state index in [2.05, 4.69) is 0 Å². The van der Waals surface area contributed by atoms with Gasteiger partial charge in [-0.3, -0.25) is 4.79 Å². The summed E-state index contributed by atoms with van der Waals surface area (Å²) < 4.78 is 0. The van der Waals surface area contributed by atoms with Gasteiger partial charge in [0.15, 0.2) is 0 Å². The Kier molecular flexibility index (Phi) is 1.83. The maximum absolute atomic E-state index is 11.4. The van der Waals surface area contributed by atoms with Crippen LogP contribution in [0.1, 0.15) is 18.1 Å². The van der Waals surface area contributed by atoms with Gasteiger partial charge >= 0.3 is 0 Å². The van der Waals surface area contributed by atoms with Crippen LogP contribution in [0.25, 0.3) is 0 Å². The summed E-state index contributed by atoms with van der Waals surface area (Å²) in [6.45, 7) is 1.94. The molecule has 0 heterocycles. The molecule has 68 valence electrons. The van der Waals surface area contributed by atoms with Gasteiger partial charge in [-0.25, -0.2) is 0 Å². The maximum atomic E-state index is 11.4. The Morgan fingerprint density at radius 3 is 3.00 bits per heavy atom. The first kappa shape index (κ1) is 8.30. The average Bonchev–Trinajstić information content (AvgIpc) is 2.09. The van der Waals surface area contributed by atoms with Crippen LogP contribution in [0.15, 0.2) is 18.2 Å². The molecule has 1 aliphatic rings. The molecule has 1 aliphatic carbocycles. The Bertz CT molecular complexity index is 355. The number of hydrogen-bond donors (Lipinski definition) is 1. The fourth-order valence-corrected chi connectivity index (χ4v) is 1.81. The van der Waals surface area contributed by atoms with E-state index in [1.807, 2.05) is 19.1 Å². The molecule has 1 aromatic rings. The van der Waals surface area contributed by atoms with Crippen molar-refractivity contribution >= 4 is 5.78 Å². The van der Waals surface area contributed by atoms with Crippen molar-refractivity contribution < 1.29 is 9.90 Å². The minimum Gasteiger partial charge on any atom is -0.508 e. The Morgan fingerprint density at radius 2 is 2.23 bits per heavy atom. The first-order chi connectivity index (χ1) is 6.18. The van der Waals surface area contributed by atoms with E-state index in [4.69, 9.17) is 0 Å². The lowest BCUT2D eigenvalue weighted by atomic mass is 9.83. The number of ketones is 1. The van der Waals surface area contributed by atoms with E-state index in [0.29, 0.717) is 6.42 Å². The van der Waals surface area contributed by atoms with Crippen molar-refractivity contribution in [1.82, 2.24) is 0 Å². The highest BCUT2D eigenvalue weighted by Crippen LogP contribution is 2.29. The first-order valence-corrected chi connectivity index (χ1v) is 4.51. The van der Waals surface area contributed by atoms with Crippen LogP contribution in [0, 0.1) is 5.92 Å². The molecule has 0 amide bonds. The third-order valence-corrected chi connectivity index (χ3v) is 2.68. The van der Waals surface area contributed by atoms with E-state index in [-0.39, 0.29) is 17.5 Å². The van der Waals surface area contributed by atoms with Crippen LogP contribution in [0.5, 0.6) is 5.75 Å². The molecule has 2 rings (SSSR count). The van der Waals surface area contributed by atoms with Crippen molar-refractivity contribution in [2.75, 3.05) is 0 Å². The number of Topliss-reactive ketones (excluding diaryl/α,β-unsaturated/α-hetero) is 1. The summed E-state index contributed by atoms with van der Waals surface area (Å²) in [6, 6.07) is 5.46. The number of aromatic hydroxyl groups is 1. The van der Waals surface area contributed by atoms with Gasteiger partial charge in [0, 0.05) is 17.9 Å². The van der Waals surface area contributed by atoms with Gasteiger partial charge < -0.3 is 5.11 Å². The lowest BCUT2D eigenvalue weighted by molar-refractivity contribution is -0.122. The fraction of sp³-hybridized carbons (Fsp3) is 0.364. The molecule has 0 aliphatic heterocycles. The van der Waals surface area contributed by atoms with Gasteiger partial charge in [-0.2, -0.15) is 0 Å². The van der Waals surface area contributed by atoms with Gasteiger partial charge in [0.25, 0.3) is 0 Å². The number of rotatable bonds is 0. The number of hydrogen-bond acceptors (Lipinski definition) is 2. The minimum atomic E-state index is 0.106. The molecule has 2 nitrogen and oxygen atoms in total. The Morgan fingerprint density at radius 1 is 1.46 bits per heavy atom. The van der Waals surface area contributed by atoms with E-state index >= 15 is 0 Å². The largest absolute Gasteiger partial charge is 0.508 e. The molecule has 0 fully saturated rings. The van der Waals surface area contributed by atoms with Crippen molar-refractivity contribution in [2.24, 2.45) is 5.92 Å². The molecular weight excluding hydrogens is 164 g/mol. The number of phenols is 1. The molecule has 0 radical (unpaired) electrons. The van der Waals surface area contributed by atoms with Crippen molar-refractivity contribution in [3.8, 4) is 5.75 Å². The highest BCUT2D eigenvalue weighted by Gasteiger charge is 2.24. The Balaban J connectivity index is 2.48. The average molecular weight is 176 g/mol. The highest BCUT2D eigenvalue weighted by molar-refractivity contribution is 5.86. The zero-order valence-electron chi connectivity index (χ0n) is 7.58. The van der Waals surface area contributed by atoms with Crippen LogP contribution in [-0.2, 0) is 17.6 Å². The van der Waals surface area contributed by atoms with Crippen LogP contribution in [0.3, 0.4) is 0 Å². The van der Waals surface area contributed by atoms with Crippen LogP contribution < -0.4 is 0 Å². The molecular formula is C11H12O2. The minimum absolute atomic E-state index is 0.106. The molecule has 0 spiro atoms. The molecule has 1 atom stereocenters. The number of benzene rings is 1. The topological polar surface area (TPSA) is 37.3 Å². The molecule has 0 saturated carbocycles. The summed E-state index contributed by atoms with van der Waals surface area (Å²) in [6.07, 6.45) is 1.16. The highest BCUT2D eigenvalue weighted by atomic mass is 16.3. The van der Waals surface area contributed by atoms with Crippen LogP contribution in [-0.4, -0.2) is 10.9 Å². The molecule has 0 saturated heterocycles. The van der Waals surface area contributed by atoms with Gasteiger partial charge in [-0.15, -0.1) is 0 Å². The van der Waals surface area contributed by atoms with E-state index in [0.717, 1.165) is 17.5 Å². The summed E-state index contributed by atoms with van der Waals surface area (Å²) >= 11 is 0. The number of fused-ring (bicyclic) bond motifs is 1. The molecule has 0 aromatic heterocycles. The quantitative estimate of drug-likeness (QED) is 0.653. The maximum Gasteiger partial charge on any atom is 0.140 e. The van der Waals surface area contributed by atoms with Crippen LogP contribution in [0.4, 0.5) is 0 Å². The van der Waals surface area contributed by atoms with E-state index in [1.54, 1.807) is 6.07 Å². The predicted molar refractivity (Wildman–Crippen MR) is 49.7 cm³/mol. The lowest BCUT2D eigenvalue weighted by Gasteiger charge is -2.20. The smallest absolute Gasteiger partial charge is 0.140 e. The predicted octanol–water partition coefficient (Wildman–Crippen LogP) is 1.70. The van der Waals surface area contributed by atoms with E-state index in [1.165, 1.54) is 0 Å². The molecule has 1 N–H and O–H groups in total. The summed E-state index contributed by atoms with van der Waals surface area (Å²) in [4.78, 5) is 11.4. The monoisotopic (exact) mass is 176 g/mol. The van der Waals surface area contributed by atoms with E-state index < -0.39 is 0 Å². The molecule has 2 heteroatoms. The molecule has 0 bridgehead atoms. The van der Waals surface area contributed by atoms with Gasteiger partial charge in [0.1, 0.15) is 11.5 Å². The number of carbonyl (C=O) groups excluding carboxylic acids is 1. The summed E-state index contributed by atoms with van der Waals surface area (Å²) in [5.74, 6) is 0.598. The number of phenolic OH excluding ortho intramolecular Hbond substituents is 1. The normalized spacial score (nSPS) is 21.3. The van der Waals surface area contributed by atoms with Crippen molar-refractivity contribution in [3.63, 3.8) is 0 Å². The molecule has 13 heavy (non-hydrogen) atoms. The third-order valence-electron chi connectivity index (χ3n) is 2.68. The Labute approximate surface area is 77.2 Å².